The maximum Gasteiger partial charge on any atom is 1.00 e. The molecular weight excluding hydrogens is 284 g/mol. The van der Waals surface area contributed by atoms with Crippen molar-refractivity contribution in [3.63, 3.8) is 0 Å². The Morgan fingerprint density at radius 1 is 1.12 bits per heavy atom. The summed E-state index contributed by atoms with van der Waals surface area (Å²) < 4.78 is 21.3. The first-order valence-corrected chi connectivity index (χ1v) is 7.14. The zero-order valence-corrected chi connectivity index (χ0v) is 16.8. The third-order valence-electron chi connectivity index (χ3n) is 1.96. The third-order valence-corrected chi connectivity index (χ3v) is 4.43. The van der Waals surface area contributed by atoms with Crippen molar-refractivity contribution in [3.8, 4) is 0 Å². The van der Waals surface area contributed by atoms with Gasteiger partial charge in [0, 0.05) is 0 Å². The normalized spacial score (nSPS) is 17.4. The largest absolute Gasteiger partial charge is 1.00 e. The van der Waals surface area contributed by atoms with Crippen LogP contribution in [0.4, 0.5) is 0 Å². The summed E-state index contributed by atoms with van der Waals surface area (Å²) in [6.45, 7) is 5.20. The average Bonchev–Trinajstić information content (AvgIpc) is 1.96. The van der Waals surface area contributed by atoms with Gasteiger partial charge in [0.2, 0.25) is 0 Å². The summed E-state index contributed by atoms with van der Waals surface area (Å²) in [7, 11) is -6.10. The molecule has 0 saturated heterocycles. The van der Waals surface area contributed by atoms with Crippen LogP contribution in [-0.4, -0.2) is 16.1 Å². The molecule has 0 aromatic heterocycles. The minimum absolute atomic E-state index is 0. The summed E-state index contributed by atoms with van der Waals surface area (Å²) >= 11 is 0. The van der Waals surface area contributed by atoms with Crippen LogP contribution in [0.2, 0.25) is 0 Å². The fourth-order valence-electron chi connectivity index (χ4n) is 1.58. The van der Waals surface area contributed by atoms with Gasteiger partial charge in [-0.15, -0.1) is 0 Å². The Labute approximate surface area is 148 Å². The first-order valence-electron chi connectivity index (χ1n) is 4.65. The second-order valence-corrected chi connectivity index (χ2v) is 7.15. The smallest absolute Gasteiger partial charge is 0.592 e. The van der Waals surface area contributed by atoms with Crippen molar-refractivity contribution in [1.82, 2.24) is 0 Å². The molecule has 0 rings (SSSR count). The topological polar surface area (TPSA) is 100 Å². The first-order chi connectivity index (χ1) is 6.65. The molecule has 0 radical (unpaired) electrons. The SMILES string of the molecule is CC(C)CC(C)(O)CC([P+](=O)[O-])[P+](=O)[O-].[Na+].[Na+]. The molecular formula is C8H16Na2O5P2+2. The van der Waals surface area contributed by atoms with E-state index in [0.717, 1.165) is 0 Å². The summed E-state index contributed by atoms with van der Waals surface area (Å²) in [5.41, 5.74) is -1.26. The molecule has 0 aromatic rings. The molecule has 0 fully saturated rings. The molecule has 0 saturated carbocycles. The molecule has 88 valence electrons. The van der Waals surface area contributed by atoms with E-state index in [1.54, 1.807) is 0 Å². The molecule has 5 nitrogen and oxygen atoms in total. The van der Waals surface area contributed by atoms with Crippen LogP contribution in [-0.2, 0) is 9.13 Å². The number of hydrogen-bond acceptors (Lipinski definition) is 5. The van der Waals surface area contributed by atoms with Gasteiger partial charge in [-0.1, -0.05) is 23.0 Å². The van der Waals surface area contributed by atoms with E-state index in [1.807, 2.05) is 13.8 Å². The molecule has 0 aliphatic heterocycles. The Kier molecular flexibility index (Phi) is 15.4. The molecule has 3 unspecified atom stereocenters. The van der Waals surface area contributed by atoms with Gasteiger partial charge in [0.25, 0.3) is 0 Å². The monoisotopic (exact) mass is 300 g/mol. The average molecular weight is 300 g/mol. The summed E-state index contributed by atoms with van der Waals surface area (Å²) in [4.78, 5) is 21.3. The van der Waals surface area contributed by atoms with Gasteiger partial charge in [0.05, 0.1) is 12.0 Å². The van der Waals surface area contributed by atoms with Gasteiger partial charge in [-0.25, -0.2) is 0 Å². The molecule has 0 aromatic carbocycles. The van der Waals surface area contributed by atoms with E-state index >= 15 is 0 Å². The number of aliphatic hydroxyl groups is 1. The molecule has 3 atom stereocenters. The second kappa shape index (κ2) is 10.8. The Hall–Kier alpha value is 2.08. The zero-order chi connectivity index (χ0) is 12.2. The van der Waals surface area contributed by atoms with Gasteiger partial charge < -0.3 is 14.9 Å². The van der Waals surface area contributed by atoms with E-state index < -0.39 is 27.1 Å². The van der Waals surface area contributed by atoms with E-state index in [-0.39, 0.29) is 71.5 Å². The third kappa shape index (κ3) is 11.6. The molecule has 0 heterocycles. The van der Waals surface area contributed by atoms with Gasteiger partial charge in [0.1, 0.15) is 0 Å². The molecule has 0 amide bonds. The van der Waals surface area contributed by atoms with E-state index in [2.05, 4.69) is 0 Å². The Bertz CT molecular complexity index is 246. The van der Waals surface area contributed by atoms with Crippen LogP contribution in [0.25, 0.3) is 0 Å². The van der Waals surface area contributed by atoms with E-state index in [4.69, 9.17) is 0 Å². The number of hydrogen-bond donors (Lipinski definition) is 1. The van der Waals surface area contributed by atoms with Gasteiger partial charge in [0.15, 0.2) is 0 Å². The maximum absolute atomic E-state index is 10.6. The minimum Gasteiger partial charge on any atom is -0.592 e. The maximum atomic E-state index is 10.6. The standard InChI is InChI=1S/C8H16O5P2.2Na/c1-6(2)4-8(3,9)5-7(14(10)11)15(12)13;;/h6-7,9H,4-5H2,1-3H3;;/q;2*+1. The van der Waals surface area contributed by atoms with Crippen molar-refractivity contribution in [2.75, 3.05) is 0 Å². The van der Waals surface area contributed by atoms with Crippen LogP contribution in [0.1, 0.15) is 33.6 Å². The van der Waals surface area contributed by atoms with Crippen molar-refractivity contribution >= 4 is 16.1 Å². The van der Waals surface area contributed by atoms with Crippen molar-refractivity contribution in [2.45, 2.75) is 44.6 Å². The van der Waals surface area contributed by atoms with Crippen LogP contribution < -0.4 is 68.9 Å². The van der Waals surface area contributed by atoms with Crippen molar-refractivity contribution in [1.29, 1.82) is 0 Å². The predicted molar refractivity (Wildman–Crippen MR) is 53.7 cm³/mol. The molecule has 9 heteroatoms. The van der Waals surface area contributed by atoms with E-state index in [1.165, 1.54) is 6.92 Å². The molecule has 1 N–H and O–H groups in total. The Balaban J connectivity index is -0.000000980. The summed E-state index contributed by atoms with van der Waals surface area (Å²) in [5.74, 6) is 0.176. The number of rotatable bonds is 6. The molecule has 0 spiro atoms. The molecule has 0 aliphatic carbocycles. The molecule has 0 aliphatic rings. The van der Waals surface area contributed by atoms with Gasteiger partial charge in [-0.2, -0.15) is 0 Å². The fourth-order valence-corrected chi connectivity index (χ4v) is 3.28. The van der Waals surface area contributed by atoms with Crippen molar-refractivity contribution in [2.24, 2.45) is 5.92 Å². The Morgan fingerprint density at radius 3 is 1.71 bits per heavy atom. The van der Waals surface area contributed by atoms with Crippen LogP contribution in [0.15, 0.2) is 0 Å². The summed E-state index contributed by atoms with van der Waals surface area (Å²) in [6.07, 6.45) is 0.110. The fraction of sp³-hybridized carbons (Fsp3) is 1.00. The van der Waals surface area contributed by atoms with Crippen LogP contribution in [0.5, 0.6) is 0 Å². The van der Waals surface area contributed by atoms with Crippen LogP contribution in [0.3, 0.4) is 0 Å². The minimum atomic E-state index is -3.05. The Morgan fingerprint density at radius 2 is 1.47 bits per heavy atom. The molecule has 0 bridgehead atoms. The first kappa shape index (κ1) is 24.1. The molecule has 17 heavy (non-hydrogen) atoms. The van der Waals surface area contributed by atoms with E-state index in [0.29, 0.717) is 6.42 Å². The van der Waals surface area contributed by atoms with Gasteiger partial charge in [-0.05, 0) is 19.3 Å². The van der Waals surface area contributed by atoms with Crippen molar-refractivity contribution in [3.05, 3.63) is 0 Å². The van der Waals surface area contributed by atoms with E-state index in [9.17, 15) is 24.0 Å². The predicted octanol–water partition coefficient (Wildman–Crippen LogP) is -5.29. The zero-order valence-electron chi connectivity index (χ0n) is 11.0. The summed E-state index contributed by atoms with van der Waals surface area (Å²) in [6, 6.07) is 0. The summed E-state index contributed by atoms with van der Waals surface area (Å²) in [5, 5.41) is 8.35. The van der Waals surface area contributed by atoms with Crippen LogP contribution in [0, 0.1) is 5.92 Å². The van der Waals surface area contributed by atoms with Gasteiger partial charge in [-0.3, -0.25) is 0 Å². The van der Waals surface area contributed by atoms with Crippen molar-refractivity contribution < 1.29 is 83.1 Å². The van der Waals surface area contributed by atoms with Gasteiger partial charge >= 0.3 is 80.6 Å². The second-order valence-electron chi connectivity index (χ2n) is 4.35. The quantitative estimate of drug-likeness (QED) is 0.390. The van der Waals surface area contributed by atoms with Crippen LogP contribution >= 0.6 is 16.1 Å².